The lowest BCUT2D eigenvalue weighted by Crippen LogP contribution is -2.51. The van der Waals surface area contributed by atoms with E-state index in [4.69, 9.17) is 9.47 Å². The maximum atomic E-state index is 11.7. The number of nitrogens with zero attached hydrogens (tertiary/aromatic N) is 2. The highest BCUT2D eigenvalue weighted by Crippen LogP contribution is 2.35. The van der Waals surface area contributed by atoms with Crippen LogP contribution in [0.15, 0.2) is 42.5 Å². The second-order valence-electron chi connectivity index (χ2n) is 5.21. The summed E-state index contributed by atoms with van der Waals surface area (Å²) in [4.78, 5) is 13.8. The lowest BCUT2D eigenvalue weighted by molar-refractivity contribution is -0.136. The minimum Gasteiger partial charge on any atom is -0.466 e. The van der Waals surface area contributed by atoms with Crippen LogP contribution in [0.4, 0.5) is 0 Å². The third-order valence-electron chi connectivity index (χ3n) is 3.93. The third kappa shape index (κ3) is 3.19. The second kappa shape index (κ2) is 7.21. The highest BCUT2D eigenvalue weighted by atomic mass is 16.5. The van der Waals surface area contributed by atoms with Gasteiger partial charge in [-0.1, -0.05) is 36.9 Å². The van der Waals surface area contributed by atoms with E-state index >= 15 is 0 Å². The quantitative estimate of drug-likeness (QED) is 0.613. The molecule has 5 heteroatoms. The molecule has 1 heterocycles. The van der Waals surface area contributed by atoms with Crippen LogP contribution in [-0.2, 0) is 19.8 Å². The van der Waals surface area contributed by atoms with Crippen LogP contribution >= 0.6 is 0 Å². The normalized spacial score (nSPS) is 18.0. The maximum Gasteiger partial charge on any atom is 0.333 e. The molecule has 0 N–H and O–H groups in total. The molecule has 1 aliphatic heterocycles. The number of carbonyl (C=O) groups is 1. The van der Waals surface area contributed by atoms with Gasteiger partial charge in [0.1, 0.15) is 5.54 Å². The number of ether oxygens (including phenoxy) is 2. The highest BCUT2D eigenvalue weighted by Gasteiger charge is 2.41. The van der Waals surface area contributed by atoms with Crippen LogP contribution in [-0.4, -0.2) is 44.3 Å². The number of morpholine rings is 1. The first-order valence-corrected chi connectivity index (χ1v) is 7.19. The molecule has 0 spiro atoms. The smallest absolute Gasteiger partial charge is 0.333 e. The van der Waals surface area contributed by atoms with Gasteiger partial charge >= 0.3 is 5.97 Å². The van der Waals surface area contributed by atoms with Gasteiger partial charge in [-0.15, -0.1) is 0 Å². The second-order valence-corrected chi connectivity index (χ2v) is 5.21. The Morgan fingerprint density at radius 2 is 2.05 bits per heavy atom. The van der Waals surface area contributed by atoms with Crippen molar-refractivity contribution in [2.24, 2.45) is 0 Å². The van der Waals surface area contributed by atoms with Crippen molar-refractivity contribution in [1.29, 1.82) is 5.26 Å². The number of rotatable bonds is 5. The van der Waals surface area contributed by atoms with E-state index in [1.165, 1.54) is 7.11 Å². The van der Waals surface area contributed by atoms with E-state index in [0.717, 1.165) is 5.56 Å². The van der Waals surface area contributed by atoms with E-state index in [9.17, 15) is 10.1 Å². The molecule has 5 nitrogen and oxygen atoms in total. The zero-order chi connectivity index (χ0) is 16.0. The van der Waals surface area contributed by atoms with Crippen molar-refractivity contribution in [2.75, 3.05) is 33.4 Å². The summed E-state index contributed by atoms with van der Waals surface area (Å²) in [6.07, 6.45) is 0.209. The molecule has 2 rings (SSSR count). The molecule has 0 bridgehead atoms. The Hall–Kier alpha value is -2.16. The molecule has 1 atom stereocenters. The molecule has 1 aliphatic rings. The number of hydrogen-bond donors (Lipinski definition) is 0. The van der Waals surface area contributed by atoms with Gasteiger partial charge in [0, 0.05) is 25.1 Å². The lowest BCUT2D eigenvalue weighted by Gasteiger charge is -2.41. The van der Waals surface area contributed by atoms with Crippen molar-refractivity contribution in [1.82, 2.24) is 4.90 Å². The van der Waals surface area contributed by atoms with Crippen LogP contribution in [0.3, 0.4) is 0 Å². The molecule has 0 amide bonds. The molecule has 0 saturated carbocycles. The van der Waals surface area contributed by atoms with Crippen molar-refractivity contribution in [3.8, 4) is 6.07 Å². The Labute approximate surface area is 130 Å². The Bertz CT molecular complexity index is 573. The summed E-state index contributed by atoms with van der Waals surface area (Å²) in [6, 6.07) is 11.9. The number of nitriles is 1. The van der Waals surface area contributed by atoms with Gasteiger partial charge in [0.2, 0.25) is 0 Å². The van der Waals surface area contributed by atoms with Crippen molar-refractivity contribution in [2.45, 2.75) is 12.0 Å². The summed E-state index contributed by atoms with van der Waals surface area (Å²) < 4.78 is 10.1. The van der Waals surface area contributed by atoms with Crippen molar-refractivity contribution >= 4 is 5.97 Å². The first kappa shape index (κ1) is 16.2. The van der Waals surface area contributed by atoms with E-state index in [1.807, 2.05) is 30.3 Å². The van der Waals surface area contributed by atoms with Gasteiger partial charge in [-0.25, -0.2) is 4.79 Å². The molecule has 0 aromatic heterocycles. The maximum absolute atomic E-state index is 11.7. The van der Waals surface area contributed by atoms with E-state index in [-0.39, 0.29) is 6.42 Å². The van der Waals surface area contributed by atoms with Gasteiger partial charge in [-0.2, -0.15) is 5.26 Å². The topological polar surface area (TPSA) is 62.6 Å². The summed E-state index contributed by atoms with van der Waals surface area (Å²) in [7, 11) is 1.32. The fraction of sp³-hybridized carbons (Fsp3) is 0.412. The van der Waals surface area contributed by atoms with E-state index in [2.05, 4.69) is 17.5 Å². The molecule has 1 unspecified atom stereocenters. The summed E-state index contributed by atoms with van der Waals surface area (Å²) in [5.74, 6) is -0.483. The van der Waals surface area contributed by atoms with Crippen LogP contribution in [0.1, 0.15) is 12.0 Å². The predicted octanol–water partition coefficient (Wildman–Crippen LogP) is 1.86. The first-order valence-electron chi connectivity index (χ1n) is 7.19. The van der Waals surface area contributed by atoms with E-state index in [0.29, 0.717) is 31.9 Å². The van der Waals surface area contributed by atoms with Crippen LogP contribution in [0.25, 0.3) is 0 Å². The van der Waals surface area contributed by atoms with Gasteiger partial charge in [-0.3, -0.25) is 4.90 Å². The molecule has 1 saturated heterocycles. The zero-order valence-corrected chi connectivity index (χ0v) is 12.7. The van der Waals surface area contributed by atoms with Crippen molar-refractivity contribution in [3.63, 3.8) is 0 Å². The SMILES string of the molecule is C=C(CC(C#N)(c1ccccc1)N1CCOCC1)C(=O)OC. The van der Waals surface area contributed by atoms with Crippen LogP contribution in [0.5, 0.6) is 0 Å². The van der Waals surface area contributed by atoms with E-state index < -0.39 is 11.5 Å². The van der Waals surface area contributed by atoms with Gasteiger partial charge < -0.3 is 9.47 Å². The van der Waals surface area contributed by atoms with Crippen LogP contribution in [0.2, 0.25) is 0 Å². The molecule has 22 heavy (non-hydrogen) atoms. The monoisotopic (exact) mass is 300 g/mol. The Morgan fingerprint density at radius 1 is 1.41 bits per heavy atom. The van der Waals surface area contributed by atoms with Crippen molar-refractivity contribution in [3.05, 3.63) is 48.0 Å². The molecule has 0 aliphatic carbocycles. The first-order chi connectivity index (χ1) is 10.6. The Kier molecular flexibility index (Phi) is 5.31. The predicted molar refractivity (Wildman–Crippen MR) is 81.9 cm³/mol. The standard InChI is InChI=1S/C17H20N2O3/c1-14(16(20)21-2)12-17(13-18,15-6-4-3-5-7-15)19-8-10-22-11-9-19/h3-7H,1,8-12H2,2H3. The average Bonchev–Trinajstić information content (AvgIpc) is 2.60. The Morgan fingerprint density at radius 3 is 2.59 bits per heavy atom. The average molecular weight is 300 g/mol. The van der Waals surface area contributed by atoms with Gasteiger partial charge in [0.05, 0.1) is 26.4 Å². The third-order valence-corrected chi connectivity index (χ3v) is 3.93. The molecule has 1 aromatic carbocycles. The Balaban J connectivity index is 2.40. The minimum absolute atomic E-state index is 0.209. The minimum atomic E-state index is -0.934. The largest absolute Gasteiger partial charge is 0.466 e. The fourth-order valence-electron chi connectivity index (χ4n) is 2.76. The molecule has 116 valence electrons. The zero-order valence-electron chi connectivity index (χ0n) is 12.7. The number of benzene rings is 1. The molecule has 1 aromatic rings. The fourth-order valence-corrected chi connectivity index (χ4v) is 2.76. The van der Waals surface area contributed by atoms with Crippen molar-refractivity contribution < 1.29 is 14.3 Å². The lowest BCUT2D eigenvalue weighted by atomic mass is 9.83. The molecular formula is C17H20N2O3. The number of esters is 1. The number of methoxy groups -OCH3 is 1. The molecule has 1 fully saturated rings. The van der Waals surface area contributed by atoms with Gasteiger partial charge in [-0.05, 0) is 5.56 Å². The summed E-state index contributed by atoms with van der Waals surface area (Å²) in [6.45, 7) is 6.21. The molecular weight excluding hydrogens is 280 g/mol. The highest BCUT2D eigenvalue weighted by molar-refractivity contribution is 5.88. The van der Waals surface area contributed by atoms with Crippen LogP contribution < -0.4 is 0 Å². The summed E-state index contributed by atoms with van der Waals surface area (Å²) >= 11 is 0. The van der Waals surface area contributed by atoms with E-state index in [1.54, 1.807) is 0 Å². The molecule has 0 radical (unpaired) electrons. The van der Waals surface area contributed by atoms with Gasteiger partial charge in [0.25, 0.3) is 0 Å². The summed E-state index contributed by atoms with van der Waals surface area (Å²) in [5.41, 5.74) is 0.208. The number of carbonyl (C=O) groups excluding carboxylic acids is 1. The van der Waals surface area contributed by atoms with Gasteiger partial charge in [0.15, 0.2) is 0 Å². The number of hydrogen-bond acceptors (Lipinski definition) is 5. The summed E-state index contributed by atoms with van der Waals surface area (Å²) in [5, 5.41) is 9.96. The van der Waals surface area contributed by atoms with Crippen LogP contribution in [0, 0.1) is 11.3 Å².